The van der Waals surface area contributed by atoms with Crippen LogP contribution >= 0.6 is 23.2 Å². The van der Waals surface area contributed by atoms with E-state index in [9.17, 15) is 31.9 Å². The van der Waals surface area contributed by atoms with Crippen LogP contribution in [0.4, 0.5) is 22.0 Å². The molecule has 1 aliphatic rings. The largest absolute Gasteiger partial charge is 0.417 e. The second-order valence-corrected chi connectivity index (χ2v) is 8.13. The van der Waals surface area contributed by atoms with Crippen LogP contribution in [0.2, 0.25) is 10.0 Å². The van der Waals surface area contributed by atoms with Gasteiger partial charge in [-0.3, -0.25) is 4.79 Å². The number of nitrogens with one attached hydrogen (secondary N) is 1. The molecule has 1 amide bonds. The minimum atomic E-state index is -4.83. The first-order valence-electron chi connectivity index (χ1n) is 9.27. The Balaban J connectivity index is 2.02. The van der Waals surface area contributed by atoms with Crippen molar-refractivity contribution in [1.29, 1.82) is 0 Å². The SMILES string of the molecule is O=C(NC(c1cccc(Cl)c1F)C1(O)CCC(F)CC1)c1nccc(C(F)(F)F)c1Cl. The van der Waals surface area contributed by atoms with E-state index in [4.69, 9.17) is 23.2 Å². The van der Waals surface area contributed by atoms with Crippen LogP contribution in [0.1, 0.15) is 53.3 Å². The summed E-state index contributed by atoms with van der Waals surface area (Å²) in [4.78, 5) is 16.4. The number of nitrogens with zero attached hydrogens (tertiary/aromatic N) is 1. The Morgan fingerprint density at radius 2 is 1.87 bits per heavy atom. The predicted molar refractivity (Wildman–Crippen MR) is 104 cm³/mol. The van der Waals surface area contributed by atoms with Crippen molar-refractivity contribution in [3.63, 3.8) is 0 Å². The molecule has 1 aromatic carbocycles. The third-order valence-electron chi connectivity index (χ3n) is 5.30. The Labute approximate surface area is 184 Å². The zero-order valence-electron chi connectivity index (χ0n) is 15.8. The molecule has 31 heavy (non-hydrogen) atoms. The van der Waals surface area contributed by atoms with E-state index in [1.54, 1.807) is 0 Å². The Morgan fingerprint density at radius 1 is 1.23 bits per heavy atom. The molecule has 0 radical (unpaired) electrons. The number of hydrogen-bond donors (Lipinski definition) is 2. The Kier molecular flexibility index (Phi) is 6.78. The second kappa shape index (κ2) is 8.88. The van der Waals surface area contributed by atoms with Crippen molar-refractivity contribution in [2.45, 2.75) is 49.7 Å². The van der Waals surface area contributed by atoms with E-state index in [-0.39, 0.29) is 36.3 Å². The molecular formula is C20H17Cl2F5N2O2. The summed E-state index contributed by atoms with van der Waals surface area (Å²) in [6.07, 6.45) is -5.53. The van der Waals surface area contributed by atoms with E-state index in [0.717, 1.165) is 6.20 Å². The molecular weight excluding hydrogens is 466 g/mol. The molecule has 1 fully saturated rings. The van der Waals surface area contributed by atoms with Gasteiger partial charge < -0.3 is 10.4 Å². The molecule has 2 N–H and O–H groups in total. The zero-order valence-corrected chi connectivity index (χ0v) is 17.3. The van der Waals surface area contributed by atoms with E-state index in [1.165, 1.54) is 18.2 Å². The minimum absolute atomic E-state index is 0.0341. The number of alkyl halides is 4. The number of amides is 1. The molecule has 0 bridgehead atoms. The maximum Gasteiger partial charge on any atom is 0.417 e. The molecule has 1 aromatic heterocycles. The van der Waals surface area contributed by atoms with E-state index >= 15 is 0 Å². The van der Waals surface area contributed by atoms with Crippen LogP contribution in [-0.4, -0.2) is 27.8 Å². The average Bonchev–Trinajstić information content (AvgIpc) is 2.70. The number of rotatable bonds is 4. The number of pyridine rings is 1. The number of carbonyl (C=O) groups excluding carboxylic acids is 1. The van der Waals surface area contributed by atoms with Crippen molar-refractivity contribution in [1.82, 2.24) is 10.3 Å². The fourth-order valence-electron chi connectivity index (χ4n) is 3.64. The summed E-state index contributed by atoms with van der Waals surface area (Å²) in [5.41, 5.74) is -3.97. The van der Waals surface area contributed by atoms with Crippen molar-refractivity contribution in [3.8, 4) is 0 Å². The Hall–Kier alpha value is -1.97. The molecule has 0 saturated heterocycles. The third-order valence-corrected chi connectivity index (χ3v) is 5.97. The van der Waals surface area contributed by atoms with Crippen molar-refractivity contribution in [2.75, 3.05) is 0 Å². The van der Waals surface area contributed by atoms with Gasteiger partial charge in [0.2, 0.25) is 0 Å². The predicted octanol–water partition coefficient (Wildman–Crippen LogP) is 5.66. The number of benzene rings is 1. The van der Waals surface area contributed by atoms with Crippen LogP contribution in [0.25, 0.3) is 0 Å². The normalized spacial score (nSPS) is 22.8. The average molecular weight is 483 g/mol. The minimum Gasteiger partial charge on any atom is -0.387 e. The van der Waals surface area contributed by atoms with Gasteiger partial charge in [0.25, 0.3) is 5.91 Å². The highest BCUT2D eigenvalue weighted by Gasteiger charge is 2.44. The Morgan fingerprint density at radius 3 is 2.48 bits per heavy atom. The van der Waals surface area contributed by atoms with E-state index in [0.29, 0.717) is 6.07 Å². The number of carbonyl (C=O) groups is 1. The molecule has 3 rings (SSSR count). The molecule has 1 heterocycles. The summed E-state index contributed by atoms with van der Waals surface area (Å²) < 4.78 is 67.8. The van der Waals surface area contributed by atoms with Gasteiger partial charge in [0.1, 0.15) is 17.7 Å². The molecule has 1 atom stereocenters. The lowest BCUT2D eigenvalue weighted by molar-refractivity contribution is -0.137. The fraction of sp³-hybridized carbons (Fsp3) is 0.400. The zero-order chi connectivity index (χ0) is 23.0. The van der Waals surface area contributed by atoms with Gasteiger partial charge >= 0.3 is 6.18 Å². The van der Waals surface area contributed by atoms with Gasteiger partial charge in [-0.25, -0.2) is 13.8 Å². The van der Waals surface area contributed by atoms with Crippen LogP contribution in [0.15, 0.2) is 30.5 Å². The summed E-state index contributed by atoms with van der Waals surface area (Å²) in [7, 11) is 0. The molecule has 1 unspecified atom stereocenters. The highest BCUT2D eigenvalue weighted by Crippen LogP contribution is 2.41. The number of aromatic nitrogens is 1. The van der Waals surface area contributed by atoms with Gasteiger partial charge in [-0.2, -0.15) is 13.2 Å². The fourth-order valence-corrected chi connectivity index (χ4v) is 4.12. The highest BCUT2D eigenvalue weighted by atomic mass is 35.5. The maximum absolute atomic E-state index is 14.7. The van der Waals surface area contributed by atoms with Gasteiger partial charge in [0.15, 0.2) is 0 Å². The van der Waals surface area contributed by atoms with Crippen molar-refractivity contribution < 1.29 is 31.9 Å². The van der Waals surface area contributed by atoms with Crippen molar-refractivity contribution in [2.24, 2.45) is 0 Å². The first kappa shape index (κ1) is 23.7. The number of halogens is 7. The lowest BCUT2D eigenvalue weighted by Gasteiger charge is -2.40. The molecule has 2 aromatic rings. The van der Waals surface area contributed by atoms with Gasteiger partial charge in [0.05, 0.1) is 27.3 Å². The molecule has 0 spiro atoms. The van der Waals surface area contributed by atoms with Crippen LogP contribution in [0, 0.1) is 5.82 Å². The first-order chi connectivity index (χ1) is 14.4. The lowest BCUT2D eigenvalue weighted by atomic mass is 9.76. The number of aliphatic hydroxyl groups is 1. The van der Waals surface area contributed by atoms with Crippen molar-refractivity contribution >= 4 is 29.1 Å². The van der Waals surface area contributed by atoms with Crippen LogP contribution < -0.4 is 5.32 Å². The van der Waals surface area contributed by atoms with E-state index < -0.39 is 52.0 Å². The maximum atomic E-state index is 14.7. The summed E-state index contributed by atoms with van der Waals surface area (Å²) >= 11 is 11.6. The molecule has 4 nitrogen and oxygen atoms in total. The second-order valence-electron chi connectivity index (χ2n) is 7.35. The van der Waals surface area contributed by atoms with E-state index in [2.05, 4.69) is 10.3 Å². The van der Waals surface area contributed by atoms with E-state index in [1.807, 2.05) is 0 Å². The smallest absolute Gasteiger partial charge is 0.387 e. The van der Waals surface area contributed by atoms with Crippen LogP contribution in [0.3, 0.4) is 0 Å². The quantitative estimate of drug-likeness (QED) is 0.552. The summed E-state index contributed by atoms with van der Waals surface area (Å²) in [6, 6.07) is 3.10. The molecule has 168 valence electrons. The summed E-state index contributed by atoms with van der Waals surface area (Å²) in [6.45, 7) is 0. The third kappa shape index (κ3) is 4.94. The molecule has 11 heteroatoms. The van der Waals surface area contributed by atoms with Gasteiger partial charge in [-0.15, -0.1) is 0 Å². The van der Waals surface area contributed by atoms with Crippen molar-refractivity contribution in [3.05, 3.63) is 63.1 Å². The summed E-state index contributed by atoms with van der Waals surface area (Å²) in [5.74, 6) is -2.08. The highest BCUT2D eigenvalue weighted by molar-refractivity contribution is 6.34. The standard InChI is InChI=1S/C20H17Cl2F5N2O2/c21-13-3-1-2-11(15(13)24)17(19(31)7-4-10(23)5-8-19)29-18(30)16-14(22)12(6-9-28-16)20(25,26)27/h1-3,6,9-10,17,31H,4-5,7-8H2,(H,29,30). The van der Waals surface area contributed by atoms with Crippen LogP contribution in [0.5, 0.6) is 0 Å². The first-order valence-corrected chi connectivity index (χ1v) is 10.0. The van der Waals surface area contributed by atoms with Gasteiger partial charge in [-0.05, 0) is 37.8 Å². The topological polar surface area (TPSA) is 62.2 Å². The van der Waals surface area contributed by atoms with Gasteiger partial charge in [-0.1, -0.05) is 35.3 Å². The molecule has 0 aliphatic heterocycles. The Bertz CT molecular complexity index is 979. The summed E-state index contributed by atoms with van der Waals surface area (Å²) in [5, 5.41) is 12.3. The van der Waals surface area contributed by atoms with Crippen LogP contribution in [-0.2, 0) is 6.18 Å². The molecule has 1 saturated carbocycles. The van der Waals surface area contributed by atoms with Gasteiger partial charge in [0, 0.05) is 11.8 Å². The lowest BCUT2D eigenvalue weighted by Crippen LogP contribution is -2.49. The monoisotopic (exact) mass is 482 g/mol. The number of hydrogen-bond acceptors (Lipinski definition) is 3. The molecule has 1 aliphatic carbocycles.